The molecule has 1 amide bonds. The Bertz CT molecular complexity index is 1000. The first-order chi connectivity index (χ1) is 14.8. The molecule has 0 aliphatic carbocycles. The van der Waals surface area contributed by atoms with Gasteiger partial charge in [-0.25, -0.2) is 0 Å². The van der Waals surface area contributed by atoms with E-state index in [1.165, 1.54) is 0 Å². The van der Waals surface area contributed by atoms with E-state index in [1.54, 1.807) is 55.5 Å². The second-order valence-electron chi connectivity index (χ2n) is 6.62. The van der Waals surface area contributed by atoms with Crippen molar-refractivity contribution in [2.75, 3.05) is 6.61 Å². The first-order valence-electron chi connectivity index (χ1n) is 9.32. The minimum Gasteiger partial charge on any atom is -0.485 e. The Morgan fingerprint density at radius 3 is 2.45 bits per heavy atom. The van der Waals surface area contributed by atoms with Gasteiger partial charge in [-0.2, -0.15) is 18.2 Å². The summed E-state index contributed by atoms with van der Waals surface area (Å²) in [6.07, 6.45) is -4.35. The molecule has 10 heteroatoms. The van der Waals surface area contributed by atoms with E-state index in [2.05, 4.69) is 20.2 Å². The number of rotatable bonds is 9. The Morgan fingerprint density at radius 1 is 1.06 bits per heavy atom. The first-order valence-corrected chi connectivity index (χ1v) is 9.32. The molecule has 0 saturated heterocycles. The molecule has 0 saturated carbocycles. The second-order valence-corrected chi connectivity index (χ2v) is 6.62. The van der Waals surface area contributed by atoms with Crippen molar-refractivity contribution < 1.29 is 32.0 Å². The van der Waals surface area contributed by atoms with Gasteiger partial charge in [0, 0.05) is 13.5 Å². The van der Waals surface area contributed by atoms with E-state index in [0.29, 0.717) is 28.6 Å². The summed E-state index contributed by atoms with van der Waals surface area (Å²) in [6, 6.07) is 13.5. The Kier molecular flexibility index (Phi) is 7.24. The summed E-state index contributed by atoms with van der Waals surface area (Å²) in [5.41, 5.74) is 1.74. The number of carbonyl (C=O) groups is 1. The molecule has 1 aromatic heterocycles. The fourth-order valence-electron chi connectivity index (χ4n) is 2.64. The quantitative estimate of drug-likeness (QED) is 0.548. The number of aryl methyl sites for hydroxylation is 1. The molecule has 31 heavy (non-hydrogen) atoms. The predicted octanol–water partition coefficient (Wildman–Crippen LogP) is 3.97. The molecular formula is C21H20F3N3O4. The number of para-hydroxylation sites is 1. The van der Waals surface area contributed by atoms with Gasteiger partial charge in [-0.15, -0.1) is 0 Å². The standard InChI is InChI=1S/C21H20F3N3O4/c1-14-26-19(27-31-14)12-30-18-5-3-2-4-17(18)20(28)25-10-15-6-8-16(9-7-15)11-29-13-21(22,23)24/h2-9H,10-13H2,1H3,(H,25,28). The molecule has 7 nitrogen and oxygen atoms in total. The Hall–Kier alpha value is -3.40. The number of amides is 1. The van der Waals surface area contributed by atoms with Crippen molar-refractivity contribution in [1.82, 2.24) is 15.5 Å². The van der Waals surface area contributed by atoms with Crippen LogP contribution in [0.2, 0.25) is 0 Å². The third-order valence-electron chi connectivity index (χ3n) is 4.07. The van der Waals surface area contributed by atoms with Crippen LogP contribution < -0.4 is 10.1 Å². The number of carbonyl (C=O) groups excluding carboxylic acids is 1. The highest BCUT2D eigenvalue weighted by molar-refractivity contribution is 5.96. The average Bonchev–Trinajstić information content (AvgIpc) is 3.16. The molecule has 0 unspecified atom stereocenters. The van der Waals surface area contributed by atoms with Gasteiger partial charge < -0.3 is 19.3 Å². The number of hydrogen-bond acceptors (Lipinski definition) is 6. The van der Waals surface area contributed by atoms with Gasteiger partial charge in [-0.3, -0.25) is 4.79 Å². The van der Waals surface area contributed by atoms with Gasteiger partial charge in [0.25, 0.3) is 5.91 Å². The van der Waals surface area contributed by atoms with Crippen molar-refractivity contribution >= 4 is 5.91 Å². The van der Waals surface area contributed by atoms with E-state index < -0.39 is 12.8 Å². The molecule has 2 aromatic carbocycles. The maximum absolute atomic E-state index is 12.6. The molecule has 164 valence electrons. The molecule has 0 radical (unpaired) electrons. The normalized spacial score (nSPS) is 11.4. The van der Waals surface area contributed by atoms with Crippen LogP contribution in [0.4, 0.5) is 13.2 Å². The molecule has 3 rings (SSSR count). The highest BCUT2D eigenvalue weighted by Crippen LogP contribution is 2.19. The van der Waals surface area contributed by atoms with Crippen LogP contribution in [0.3, 0.4) is 0 Å². The van der Waals surface area contributed by atoms with Crippen LogP contribution in [0.5, 0.6) is 5.75 Å². The summed E-state index contributed by atoms with van der Waals surface area (Å²) in [4.78, 5) is 16.6. The molecule has 1 heterocycles. The third-order valence-corrected chi connectivity index (χ3v) is 4.07. The molecule has 0 bridgehead atoms. The minimum atomic E-state index is -4.35. The van der Waals surface area contributed by atoms with Gasteiger partial charge >= 0.3 is 6.18 Å². The van der Waals surface area contributed by atoms with Gasteiger partial charge in [0.1, 0.15) is 12.4 Å². The molecule has 0 aliphatic rings. The fourth-order valence-corrected chi connectivity index (χ4v) is 2.64. The number of ether oxygens (including phenoxy) is 2. The molecule has 0 spiro atoms. The number of benzene rings is 2. The molecular weight excluding hydrogens is 415 g/mol. The van der Waals surface area contributed by atoms with Gasteiger partial charge in [-0.05, 0) is 23.3 Å². The average molecular weight is 435 g/mol. The Labute approximate surface area is 176 Å². The number of nitrogens with one attached hydrogen (secondary N) is 1. The topological polar surface area (TPSA) is 86.5 Å². The maximum atomic E-state index is 12.6. The van der Waals surface area contributed by atoms with Crippen LogP contribution in [-0.2, 0) is 24.5 Å². The van der Waals surface area contributed by atoms with Crippen molar-refractivity contribution in [2.24, 2.45) is 0 Å². The lowest BCUT2D eigenvalue weighted by Crippen LogP contribution is -2.23. The third kappa shape index (κ3) is 7.10. The summed E-state index contributed by atoms with van der Waals surface area (Å²) >= 11 is 0. The second kappa shape index (κ2) is 10.1. The molecule has 3 aromatic rings. The highest BCUT2D eigenvalue weighted by atomic mass is 19.4. The number of nitrogens with zero attached hydrogens (tertiary/aromatic N) is 2. The van der Waals surface area contributed by atoms with E-state index in [4.69, 9.17) is 9.26 Å². The largest absolute Gasteiger partial charge is 0.485 e. The summed E-state index contributed by atoms with van der Waals surface area (Å²) in [7, 11) is 0. The van der Waals surface area contributed by atoms with Crippen molar-refractivity contribution in [1.29, 1.82) is 0 Å². The van der Waals surface area contributed by atoms with E-state index >= 15 is 0 Å². The van der Waals surface area contributed by atoms with E-state index in [1.807, 2.05) is 0 Å². The van der Waals surface area contributed by atoms with Gasteiger partial charge in [0.05, 0.1) is 12.2 Å². The smallest absolute Gasteiger partial charge is 0.411 e. The summed E-state index contributed by atoms with van der Waals surface area (Å²) in [6.45, 7) is 0.524. The van der Waals surface area contributed by atoms with Crippen LogP contribution in [-0.4, -0.2) is 28.8 Å². The monoisotopic (exact) mass is 435 g/mol. The van der Waals surface area contributed by atoms with Gasteiger partial charge in [0.15, 0.2) is 6.61 Å². The maximum Gasteiger partial charge on any atom is 0.411 e. The van der Waals surface area contributed by atoms with Crippen LogP contribution in [0.25, 0.3) is 0 Å². The summed E-state index contributed by atoms with van der Waals surface area (Å²) in [5.74, 6) is 0.826. The lowest BCUT2D eigenvalue weighted by molar-refractivity contribution is -0.176. The van der Waals surface area contributed by atoms with Crippen LogP contribution >= 0.6 is 0 Å². The lowest BCUT2D eigenvalue weighted by Gasteiger charge is -2.11. The zero-order chi connectivity index (χ0) is 22.3. The number of alkyl halides is 3. The van der Waals surface area contributed by atoms with E-state index in [9.17, 15) is 18.0 Å². The zero-order valence-electron chi connectivity index (χ0n) is 16.6. The van der Waals surface area contributed by atoms with Gasteiger partial charge in [-0.1, -0.05) is 41.6 Å². The lowest BCUT2D eigenvalue weighted by atomic mass is 10.1. The van der Waals surface area contributed by atoms with E-state index in [-0.39, 0.29) is 25.7 Å². The summed E-state index contributed by atoms with van der Waals surface area (Å²) in [5, 5.41) is 6.53. The van der Waals surface area contributed by atoms with Crippen molar-refractivity contribution in [3.05, 3.63) is 76.9 Å². The molecule has 0 atom stereocenters. The minimum absolute atomic E-state index is 0.0551. The van der Waals surface area contributed by atoms with Gasteiger partial charge in [0.2, 0.25) is 11.7 Å². The zero-order valence-corrected chi connectivity index (χ0v) is 16.6. The molecule has 0 aliphatic heterocycles. The Morgan fingerprint density at radius 2 is 1.77 bits per heavy atom. The predicted molar refractivity (Wildman–Crippen MR) is 103 cm³/mol. The highest BCUT2D eigenvalue weighted by Gasteiger charge is 2.27. The molecule has 0 fully saturated rings. The van der Waals surface area contributed by atoms with Crippen LogP contribution in [0, 0.1) is 6.92 Å². The molecule has 1 N–H and O–H groups in total. The van der Waals surface area contributed by atoms with E-state index in [0.717, 1.165) is 5.56 Å². The Balaban J connectivity index is 1.52. The van der Waals surface area contributed by atoms with Crippen molar-refractivity contribution in [3.63, 3.8) is 0 Å². The van der Waals surface area contributed by atoms with Crippen molar-refractivity contribution in [2.45, 2.75) is 32.9 Å². The number of aromatic nitrogens is 2. The van der Waals surface area contributed by atoms with Crippen molar-refractivity contribution in [3.8, 4) is 5.75 Å². The number of halogens is 3. The van der Waals surface area contributed by atoms with Crippen LogP contribution in [0.1, 0.15) is 33.2 Å². The first kappa shape index (κ1) is 22.3. The SMILES string of the molecule is Cc1nc(COc2ccccc2C(=O)NCc2ccc(COCC(F)(F)F)cc2)no1. The summed E-state index contributed by atoms with van der Waals surface area (Å²) < 4.78 is 51.5. The number of hydrogen-bond donors (Lipinski definition) is 1. The van der Waals surface area contributed by atoms with Crippen LogP contribution in [0.15, 0.2) is 53.1 Å². The fraction of sp³-hybridized carbons (Fsp3) is 0.286.